The summed E-state index contributed by atoms with van der Waals surface area (Å²) in [6, 6.07) is 7.24. The second-order valence-electron chi connectivity index (χ2n) is 4.15. The molecule has 0 aromatic heterocycles. The fourth-order valence-corrected chi connectivity index (χ4v) is 1.62. The maximum absolute atomic E-state index is 12.2. The minimum Gasteiger partial charge on any atom is -0.480 e. The average molecular weight is 291 g/mol. The van der Waals surface area contributed by atoms with E-state index in [1.807, 2.05) is 6.07 Å². The summed E-state index contributed by atoms with van der Waals surface area (Å²) in [5.41, 5.74) is 0.690. The van der Waals surface area contributed by atoms with Crippen molar-refractivity contribution < 1.29 is 24.6 Å². The van der Waals surface area contributed by atoms with Crippen LogP contribution in [-0.4, -0.2) is 53.2 Å². The largest absolute Gasteiger partial charge is 0.480 e. The number of nitrogens with zero attached hydrogens (tertiary/aromatic N) is 3. The number of aliphatic carboxylic acids is 2. The molecule has 0 radical (unpaired) electrons. The highest BCUT2D eigenvalue weighted by Crippen LogP contribution is 2.16. The molecule has 0 heterocycles. The Hall–Kier alpha value is -3.08. The number of urea groups is 1. The van der Waals surface area contributed by atoms with Crippen LogP contribution in [0.4, 0.5) is 10.5 Å². The van der Waals surface area contributed by atoms with Crippen molar-refractivity contribution in [1.29, 1.82) is 5.26 Å². The number of amides is 2. The molecule has 0 aliphatic heterocycles. The maximum atomic E-state index is 12.2. The molecule has 21 heavy (non-hydrogen) atoms. The van der Waals surface area contributed by atoms with Crippen molar-refractivity contribution in [2.24, 2.45) is 0 Å². The molecule has 0 saturated heterocycles. The number of nitriles is 1. The van der Waals surface area contributed by atoms with Gasteiger partial charge in [-0.3, -0.25) is 14.5 Å². The van der Waals surface area contributed by atoms with Crippen molar-refractivity contribution in [3.05, 3.63) is 29.8 Å². The zero-order chi connectivity index (χ0) is 16.0. The second-order valence-corrected chi connectivity index (χ2v) is 4.15. The van der Waals surface area contributed by atoms with Crippen LogP contribution in [0.25, 0.3) is 0 Å². The highest BCUT2D eigenvalue weighted by atomic mass is 16.4. The summed E-state index contributed by atoms with van der Waals surface area (Å²) in [6.07, 6.45) is 0. The molecule has 8 nitrogen and oxygen atoms in total. The molecule has 0 unspecified atom stereocenters. The van der Waals surface area contributed by atoms with Crippen molar-refractivity contribution in [3.8, 4) is 6.07 Å². The van der Waals surface area contributed by atoms with Crippen LogP contribution in [-0.2, 0) is 9.59 Å². The Kier molecular flexibility index (Phi) is 5.25. The topological polar surface area (TPSA) is 122 Å². The molecule has 0 spiro atoms. The van der Waals surface area contributed by atoms with Crippen molar-refractivity contribution >= 4 is 23.7 Å². The van der Waals surface area contributed by atoms with E-state index in [0.29, 0.717) is 16.2 Å². The van der Waals surface area contributed by atoms with E-state index in [4.69, 9.17) is 15.5 Å². The minimum atomic E-state index is -1.32. The van der Waals surface area contributed by atoms with Crippen LogP contribution in [0.15, 0.2) is 24.3 Å². The molecule has 2 N–H and O–H groups in total. The molecule has 1 aromatic rings. The van der Waals surface area contributed by atoms with Gasteiger partial charge in [0.2, 0.25) is 0 Å². The summed E-state index contributed by atoms with van der Waals surface area (Å²) in [5.74, 6) is -2.63. The molecule has 1 rings (SSSR count). The Morgan fingerprint density at radius 2 is 1.76 bits per heavy atom. The highest BCUT2D eigenvalue weighted by molar-refractivity contribution is 5.95. The Morgan fingerprint density at radius 1 is 1.19 bits per heavy atom. The number of carboxylic acids is 2. The van der Waals surface area contributed by atoms with Crippen molar-refractivity contribution in [2.45, 2.75) is 0 Å². The Balaban J connectivity index is 2.98. The van der Waals surface area contributed by atoms with Crippen LogP contribution in [0.3, 0.4) is 0 Å². The molecule has 1 aromatic carbocycles. The first kappa shape index (κ1) is 16.0. The molecule has 0 atom stereocenters. The van der Waals surface area contributed by atoms with E-state index in [1.165, 1.54) is 13.1 Å². The Bertz CT molecular complexity index is 592. The summed E-state index contributed by atoms with van der Waals surface area (Å²) in [4.78, 5) is 35.3. The predicted molar refractivity (Wildman–Crippen MR) is 71.8 cm³/mol. The van der Waals surface area contributed by atoms with E-state index < -0.39 is 31.1 Å². The molecule has 0 saturated carbocycles. The van der Waals surface area contributed by atoms with Gasteiger partial charge >= 0.3 is 18.0 Å². The normalized spacial score (nSPS) is 9.52. The lowest BCUT2D eigenvalue weighted by atomic mass is 10.2. The van der Waals surface area contributed by atoms with E-state index >= 15 is 0 Å². The molecule has 0 bridgehead atoms. The van der Waals surface area contributed by atoms with Crippen molar-refractivity contribution in [1.82, 2.24) is 4.90 Å². The van der Waals surface area contributed by atoms with Gasteiger partial charge in [0.1, 0.15) is 13.1 Å². The van der Waals surface area contributed by atoms with Gasteiger partial charge in [-0.2, -0.15) is 5.26 Å². The third-order valence-electron chi connectivity index (χ3n) is 2.57. The van der Waals surface area contributed by atoms with Crippen LogP contribution in [0.2, 0.25) is 0 Å². The van der Waals surface area contributed by atoms with Gasteiger partial charge in [0.15, 0.2) is 0 Å². The zero-order valence-electron chi connectivity index (χ0n) is 11.2. The molecule has 8 heteroatoms. The SMILES string of the molecule is CN(C(=O)N(CC(=O)O)CC(=O)O)c1cccc(C#N)c1. The van der Waals surface area contributed by atoms with Gasteiger partial charge in [0.05, 0.1) is 11.6 Å². The van der Waals surface area contributed by atoms with Crippen LogP contribution >= 0.6 is 0 Å². The summed E-state index contributed by atoms with van der Waals surface area (Å²) >= 11 is 0. The molecular weight excluding hydrogens is 278 g/mol. The van der Waals surface area contributed by atoms with Crippen LogP contribution < -0.4 is 4.90 Å². The molecular formula is C13H13N3O5. The summed E-state index contributed by atoms with van der Waals surface area (Å²) < 4.78 is 0. The third kappa shape index (κ3) is 4.50. The lowest BCUT2D eigenvalue weighted by Gasteiger charge is -2.25. The van der Waals surface area contributed by atoms with E-state index in [2.05, 4.69) is 0 Å². The maximum Gasteiger partial charge on any atom is 0.325 e. The number of anilines is 1. The van der Waals surface area contributed by atoms with Gasteiger partial charge in [0.25, 0.3) is 0 Å². The number of benzene rings is 1. The number of carbonyl (C=O) groups is 3. The van der Waals surface area contributed by atoms with E-state index in [1.54, 1.807) is 18.2 Å². The standard InChI is InChI=1S/C13H13N3O5/c1-15(10-4-2-3-9(5-10)6-14)13(21)16(7-11(17)18)8-12(19)20/h2-5H,7-8H2,1H3,(H,17,18)(H,19,20). The third-order valence-corrected chi connectivity index (χ3v) is 2.57. The molecule has 0 aliphatic carbocycles. The fraction of sp³-hybridized carbons (Fsp3) is 0.231. The first-order chi connectivity index (χ1) is 9.85. The Morgan fingerprint density at radius 3 is 2.24 bits per heavy atom. The molecule has 0 fully saturated rings. The number of hydrogen-bond donors (Lipinski definition) is 2. The fourth-order valence-electron chi connectivity index (χ4n) is 1.62. The summed E-state index contributed by atoms with van der Waals surface area (Å²) in [7, 11) is 1.37. The minimum absolute atomic E-state index is 0.329. The molecule has 110 valence electrons. The monoisotopic (exact) mass is 291 g/mol. The number of carboxylic acid groups (broad SMARTS) is 2. The summed E-state index contributed by atoms with van der Waals surface area (Å²) in [5, 5.41) is 26.3. The number of rotatable bonds is 5. The number of carbonyl (C=O) groups excluding carboxylic acids is 1. The Labute approximate surface area is 120 Å². The summed E-state index contributed by atoms with van der Waals surface area (Å²) in [6.45, 7) is -1.46. The lowest BCUT2D eigenvalue weighted by molar-refractivity contribution is -0.140. The molecule has 0 aliphatic rings. The van der Waals surface area contributed by atoms with E-state index in [-0.39, 0.29) is 0 Å². The average Bonchev–Trinajstić information content (AvgIpc) is 2.44. The first-order valence-corrected chi connectivity index (χ1v) is 5.81. The highest BCUT2D eigenvalue weighted by Gasteiger charge is 2.23. The quantitative estimate of drug-likeness (QED) is 0.818. The van der Waals surface area contributed by atoms with Crippen LogP contribution in [0.1, 0.15) is 5.56 Å². The van der Waals surface area contributed by atoms with Gasteiger partial charge in [-0.1, -0.05) is 6.07 Å². The van der Waals surface area contributed by atoms with Crippen molar-refractivity contribution in [3.63, 3.8) is 0 Å². The van der Waals surface area contributed by atoms with Crippen LogP contribution in [0.5, 0.6) is 0 Å². The second kappa shape index (κ2) is 6.91. The lowest BCUT2D eigenvalue weighted by Crippen LogP contribution is -2.46. The smallest absolute Gasteiger partial charge is 0.325 e. The van der Waals surface area contributed by atoms with Gasteiger partial charge in [0, 0.05) is 12.7 Å². The van der Waals surface area contributed by atoms with E-state index in [9.17, 15) is 14.4 Å². The molecule has 2 amide bonds. The van der Waals surface area contributed by atoms with Gasteiger partial charge < -0.3 is 15.1 Å². The van der Waals surface area contributed by atoms with Gasteiger partial charge in [-0.15, -0.1) is 0 Å². The van der Waals surface area contributed by atoms with Crippen molar-refractivity contribution in [2.75, 3.05) is 25.0 Å². The first-order valence-electron chi connectivity index (χ1n) is 5.81. The van der Waals surface area contributed by atoms with Crippen LogP contribution in [0, 0.1) is 11.3 Å². The van der Waals surface area contributed by atoms with Gasteiger partial charge in [-0.25, -0.2) is 4.79 Å². The zero-order valence-corrected chi connectivity index (χ0v) is 11.2. The van der Waals surface area contributed by atoms with E-state index in [0.717, 1.165) is 4.90 Å². The number of hydrogen-bond acceptors (Lipinski definition) is 4. The van der Waals surface area contributed by atoms with Gasteiger partial charge in [-0.05, 0) is 18.2 Å². The predicted octanol–water partition coefficient (Wildman–Crippen LogP) is 0.586.